The quantitative estimate of drug-likeness (QED) is 0.206. The molecule has 0 atom stereocenters. The second-order valence-electron chi connectivity index (χ2n) is 9.46. The van der Waals surface area contributed by atoms with Crippen LogP contribution in [0, 0.1) is 18.6 Å². The highest BCUT2D eigenvalue weighted by molar-refractivity contribution is 5.92. The summed E-state index contributed by atoms with van der Waals surface area (Å²) in [5, 5.41) is 9.36. The van der Waals surface area contributed by atoms with Crippen LogP contribution < -0.4 is 4.74 Å². The summed E-state index contributed by atoms with van der Waals surface area (Å²) in [7, 11) is 0. The Morgan fingerprint density at radius 1 is 0.950 bits per heavy atom. The number of ether oxygens (including phenoxy) is 1. The lowest BCUT2D eigenvalue weighted by atomic mass is 10.1. The Morgan fingerprint density at radius 3 is 2.50 bits per heavy atom. The Bertz CT molecular complexity index is 1700. The molecule has 0 aliphatic heterocycles. The summed E-state index contributed by atoms with van der Waals surface area (Å²) < 4.78 is 49.9. The third-order valence-corrected chi connectivity index (χ3v) is 6.59. The van der Waals surface area contributed by atoms with Crippen LogP contribution in [0.5, 0.6) is 5.88 Å². The molecule has 5 aromatic rings. The van der Waals surface area contributed by atoms with Crippen molar-refractivity contribution in [2.75, 3.05) is 6.67 Å². The van der Waals surface area contributed by atoms with Gasteiger partial charge in [0.05, 0.1) is 29.0 Å². The van der Waals surface area contributed by atoms with Crippen molar-refractivity contribution in [3.05, 3.63) is 113 Å². The van der Waals surface area contributed by atoms with Gasteiger partial charge >= 0.3 is 5.97 Å². The summed E-state index contributed by atoms with van der Waals surface area (Å²) >= 11 is 0. The van der Waals surface area contributed by atoms with Gasteiger partial charge in [0.1, 0.15) is 24.1 Å². The number of hydrogen-bond donors (Lipinski definition) is 1. The number of aromatic nitrogens is 3. The minimum atomic E-state index is -1.08. The molecule has 0 aliphatic carbocycles. The van der Waals surface area contributed by atoms with Gasteiger partial charge in [-0.15, -0.1) is 0 Å². The molecule has 204 valence electrons. The number of hydrogen-bond acceptors (Lipinski definition) is 4. The van der Waals surface area contributed by atoms with Crippen molar-refractivity contribution in [3.63, 3.8) is 0 Å². The van der Waals surface area contributed by atoms with Gasteiger partial charge in [-0.2, -0.15) is 0 Å². The lowest BCUT2D eigenvalue weighted by Crippen LogP contribution is -2.07. The normalized spacial score (nSPS) is 11.2. The van der Waals surface area contributed by atoms with Crippen LogP contribution in [0.4, 0.5) is 13.2 Å². The molecule has 1 N–H and O–H groups in total. The smallest absolute Gasteiger partial charge is 0.335 e. The number of rotatable bonds is 10. The number of aryl methyl sites for hydroxylation is 2. The highest BCUT2D eigenvalue weighted by Gasteiger charge is 2.16. The molecule has 9 heteroatoms. The first-order valence-corrected chi connectivity index (χ1v) is 12.7. The van der Waals surface area contributed by atoms with E-state index in [4.69, 9.17) is 4.74 Å². The van der Waals surface area contributed by atoms with Gasteiger partial charge in [0, 0.05) is 30.2 Å². The van der Waals surface area contributed by atoms with Crippen molar-refractivity contribution >= 4 is 17.0 Å². The van der Waals surface area contributed by atoms with E-state index in [0.29, 0.717) is 39.2 Å². The van der Waals surface area contributed by atoms with E-state index in [2.05, 4.69) is 9.97 Å². The maximum atomic E-state index is 15.3. The van der Waals surface area contributed by atoms with Crippen LogP contribution in [0.1, 0.15) is 39.3 Å². The molecule has 0 radical (unpaired) electrons. The van der Waals surface area contributed by atoms with Gasteiger partial charge in [-0.25, -0.2) is 23.5 Å². The second-order valence-corrected chi connectivity index (χ2v) is 9.46. The summed E-state index contributed by atoms with van der Waals surface area (Å²) in [5.41, 5.74) is 3.84. The number of nitrogens with zero attached hydrogens (tertiary/aromatic N) is 3. The maximum absolute atomic E-state index is 15.3. The van der Waals surface area contributed by atoms with E-state index in [1.54, 1.807) is 53.1 Å². The van der Waals surface area contributed by atoms with Crippen LogP contribution in [-0.2, 0) is 19.6 Å². The molecule has 0 amide bonds. The maximum Gasteiger partial charge on any atom is 0.335 e. The van der Waals surface area contributed by atoms with Crippen LogP contribution in [-0.4, -0.2) is 32.3 Å². The SMILES string of the molecule is Cc1ccc(COc2cccc(-c3ccc(Cc4nc5ccc(C(=O)O)cc5n4CCCF)c(F)c3)n2)c(F)c1. The van der Waals surface area contributed by atoms with Crippen LogP contribution in [0.25, 0.3) is 22.3 Å². The molecule has 5 rings (SSSR count). The topological polar surface area (TPSA) is 77.2 Å². The molecule has 0 bridgehead atoms. The molecule has 0 spiro atoms. The summed E-state index contributed by atoms with van der Waals surface area (Å²) in [6.45, 7) is 1.56. The Morgan fingerprint density at radius 2 is 1.75 bits per heavy atom. The number of carboxylic acids is 1. The van der Waals surface area contributed by atoms with Gasteiger partial charge in [0.2, 0.25) is 5.88 Å². The lowest BCUT2D eigenvalue weighted by molar-refractivity contribution is 0.0697. The number of pyridine rings is 1. The van der Waals surface area contributed by atoms with Crippen LogP contribution >= 0.6 is 0 Å². The number of alkyl halides is 1. The molecule has 0 aliphatic rings. The van der Waals surface area contributed by atoms with Gasteiger partial charge < -0.3 is 14.4 Å². The Kier molecular flexibility index (Phi) is 7.82. The fourth-order valence-corrected chi connectivity index (χ4v) is 4.51. The van der Waals surface area contributed by atoms with Crippen molar-refractivity contribution in [1.82, 2.24) is 14.5 Å². The lowest BCUT2D eigenvalue weighted by Gasteiger charge is -2.11. The van der Waals surface area contributed by atoms with E-state index < -0.39 is 18.5 Å². The van der Waals surface area contributed by atoms with E-state index in [1.807, 2.05) is 6.92 Å². The molecule has 0 fully saturated rings. The molecule has 3 aromatic carbocycles. The van der Waals surface area contributed by atoms with E-state index >= 15 is 4.39 Å². The molecule has 0 unspecified atom stereocenters. The average molecular weight is 546 g/mol. The van der Waals surface area contributed by atoms with E-state index in [1.165, 1.54) is 24.3 Å². The first-order valence-electron chi connectivity index (χ1n) is 12.7. The van der Waals surface area contributed by atoms with Gasteiger partial charge in [-0.05, 0) is 60.9 Å². The first-order chi connectivity index (χ1) is 19.3. The number of aromatic carboxylic acids is 1. The minimum Gasteiger partial charge on any atom is -0.478 e. The largest absolute Gasteiger partial charge is 0.478 e. The zero-order chi connectivity index (χ0) is 28.2. The Balaban J connectivity index is 1.37. The summed E-state index contributed by atoms with van der Waals surface area (Å²) in [5.74, 6) is -1.11. The molecular weight excluding hydrogens is 519 g/mol. The number of fused-ring (bicyclic) bond motifs is 1. The highest BCUT2D eigenvalue weighted by atomic mass is 19.1. The molecule has 2 heterocycles. The number of benzene rings is 3. The van der Waals surface area contributed by atoms with Crippen molar-refractivity contribution in [2.24, 2.45) is 0 Å². The van der Waals surface area contributed by atoms with Gasteiger partial charge in [-0.3, -0.25) is 4.39 Å². The molecular formula is C31H26F3N3O3. The van der Waals surface area contributed by atoms with Gasteiger partial charge in [-0.1, -0.05) is 30.3 Å². The average Bonchev–Trinajstić information content (AvgIpc) is 3.28. The fourth-order valence-electron chi connectivity index (χ4n) is 4.51. The van der Waals surface area contributed by atoms with Gasteiger partial charge in [0.15, 0.2) is 0 Å². The predicted molar refractivity (Wildman–Crippen MR) is 145 cm³/mol. The Labute approximate surface area is 228 Å². The zero-order valence-corrected chi connectivity index (χ0v) is 21.7. The number of carbonyl (C=O) groups is 1. The molecule has 40 heavy (non-hydrogen) atoms. The van der Waals surface area contributed by atoms with E-state index in [9.17, 15) is 18.7 Å². The van der Waals surface area contributed by atoms with E-state index in [0.717, 1.165) is 5.56 Å². The summed E-state index contributed by atoms with van der Waals surface area (Å²) in [6.07, 6.45) is 0.353. The molecule has 2 aromatic heterocycles. The van der Waals surface area contributed by atoms with Crippen LogP contribution in [0.2, 0.25) is 0 Å². The predicted octanol–water partition coefficient (Wildman–Crippen LogP) is 6.91. The van der Waals surface area contributed by atoms with Crippen molar-refractivity contribution in [3.8, 4) is 17.1 Å². The summed E-state index contributed by atoms with van der Waals surface area (Å²) in [4.78, 5) is 20.5. The van der Waals surface area contributed by atoms with E-state index in [-0.39, 0.29) is 43.3 Å². The number of halogens is 3. The fraction of sp³-hybridized carbons (Fsp3) is 0.194. The zero-order valence-electron chi connectivity index (χ0n) is 21.7. The number of imidazole rings is 1. The van der Waals surface area contributed by atoms with Crippen molar-refractivity contribution < 1.29 is 27.8 Å². The third kappa shape index (κ3) is 5.83. The van der Waals surface area contributed by atoms with Crippen LogP contribution in [0.15, 0.2) is 72.8 Å². The standard InChI is InChI=1S/C31H26F3N3O3/c1-19-6-7-23(24(33)14-19)18-40-30-5-2-4-26(36-30)21-9-8-20(25(34)15-21)17-29-35-27-11-10-22(31(38)39)16-28(27)37(29)13-3-12-32/h2,4-11,14-16H,3,12-13,17-18H2,1H3,(H,38,39). The summed E-state index contributed by atoms with van der Waals surface area (Å²) in [6, 6.07) is 19.3. The molecule has 0 saturated heterocycles. The third-order valence-electron chi connectivity index (χ3n) is 6.59. The van der Waals surface area contributed by atoms with Gasteiger partial charge in [0.25, 0.3) is 0 Å². The molecule has 0 saturated carbocycles. The Hall–Kier alpha value is -4.66. The minimum absolute atomic E-state index is 0.00717. The van der Waals surface area contributed by atoms with Crippen LogP contribution in [0.3, 0.4) is 0 Å². The second kappa shape index (κ2) is 11.6. The van der Waals surface area contributed by atoms with Crippen molar-refractivity contribution in [1.29, 1.82) is 0 Å². The number of carboxylic acid groups (broad SMARTS) is 1. The first kappa shape index (κ1) is 26.9. The van der Waals surface area contributed by atoms with Crippen molar-refractivity contribution in [2.45, 2.75) is 32.9 Å². The highest BCUT2D eigenvalue weighted by Crippen LogP contribution is 2.26. The monoisotopic (exact) mass is 545 g/mol. The molecule has 6 nitrogen and oxygen atoms in total.